The lowest BCUT2D eigenvalue weighted by atomic mass is 9.96. The van der Waals surface area contributed by atoms with Crippen LogP contribution in [0.2, 0.25) is 5.02 Å². The zero-order valence-electron chi connectivity index (χ0n) is 15.8. The second kappa shape index (κ2) is 8.34. The highest BCUT2D eigenvalue weighted by Gasteiger charge is 2.34. The van der Waals surface area contributed by atoms with E-state index in [9.17, 15) is 13.2 Å². The Labute approximate surface area is 166 Å². The van der Waals surface area contributed by atoms with E-state index in [-0.39, 0.29) is 11.8 Å². The van der Waals surface area contributed by atoms with Gasteiger partial charge in [-0.25, -0.2) is 0 Å². The van der Waals surface area contributed by atoms with Gasteiger partial charge in [0.2, 0.25) is 5.91 Å². The lowest BCUT2D eigenvalue weighted by molar-refractivity contribution is -0.137. The first kappa shape index (κ1) is 20.4. The van der Waals surface area contributed by atoms with Crippen LogP contribution in [0.5, 0.6) is 0 Å². The second-order valence-corrected chi connectivity index (χ2v) is 9.83. The molecule has 0 saturated carbocycles. The molecule has 1 amide bonds. The molecule has 1 aromatic rings. The smallest absolute Gasteiger partial charge is 0.281 e. The summed E-state index contributed by atoms with van der Waals surface area (Å²) in [7, 11) is -0.324. The number of anilines is 1. The van der Waals surface area contributed by atoms with Crippen LogP contribution in [-0.4, -0.2) is 81.2 Å². The number of carbonyl (C=O) groups excluding carboxylic acids is 1. The molecule has 1 aromatic carbocycles. The fraction of sp³-hybridized carbons (Fsp3) is 0.611. The largest absolute Gasteiger partial charge is 0.368 e. The highest BCUT2D eigenvalue weighted by molar-refractivity contribution is 7.86. The predicted octanol–water partition coefficient (Wildman–Crippen LogP) is 1.51. The van der Waals surface area contributed by atoms with Crippen LogP contribution in [0, 0.1) is 5.92 Å². The van der Waals surface area contributed by atoms with Gasteiger partial charge in [0.05, 0.1) is 0 Å². The van der Waals surface area contributed by atoms with Gasteiger partial charge < -0.3 is 9.80 Å². The molecule has 2 saturated heterocycles. The summed E-state index contributed by atoms with van der Waals surface area (Å²) in [6.07, 6.45) is 1.17. The number of hydrogen-bond acceptors (Lipinski definition) is 4. The maximum atomic E-state index is 12.8. The van der Waals surface area contributed by atoms with E-state index in [1.807, 2.05) is 29.2 Å². The van der Waals surface area contributed by atoms with Gasteiger partial charge in [0, 0.05) is 70.0 Å². The topological polar surface area (TPSA) is 64.2 Å². The highest BCUT2D eigenvalue weighted by atomic mass is 35.5. The number of carbonyl (C=O) groups is 1. The van der Waals surface area contributed by atoms with Crippen molar-refractivity contribution in [1.29, 1.82) is 0 Å². The van der Waals surface area contributed by atoms with Gasteiger partial charge in [-0.15, -0.1) is 0 Å². The minimum absolute atomic E-state index is 0.0867. The lowest BCUT2D eigenvalue weighted by Crippen LogP contribution is -2.52. The van der Waals surface area contributed by atoms with Crippen LogP contribution in [0.3, 0.4) is 0 Å². The molecule has 150 valence electrons. The third-order valence-corrected chi connectivity index (χ3v) is 7.53. The molecule has 2 heterocycles. The maximum Gasteiger partial charge on any atom is 0.281 e. The first-order valence-corrected chi connectivity index (χ1v) is 11.0. The van der Waals surface area contributed by atoms with Gasteiger partial charge in [-0.05, 0) is 31.0 Å². The van der Waals surface area contributed by atoms with E-state index in [1.165, 1.54) is 22.7 Å². The van der Waals surface area contributed by atoms with E-state index in [2.05, 4.69) is 4.90 Å². The predicted molar refractivity (Wildman–Crippen MR) is 107 cm³/mol. The molecule has 0 aromatic heterocycles. The van der Waals surface area contributed by atoms with Crippen molar-refractivity contribution in [2.75, 3.05) is 58.3 Å². The fourth-order valence-electron chi connectivity index (χ4n) is 3.68. The number of hydrogen-bond donors (Lipinski definition) is 0. The van der Waals surface area contributed by atoms with Crippen molar-refractivity contribution in [1.82, 2.24) is 13.5 Å². The first-order valence-electron chi connectivity index (χ1n) is 9.26. The summed E-state index contributed by atoms with van der Waals surface area (Å²) in [6, 6.07) is 7.77. The van der Waals surface area contributed by atoms with Gasteiger partial charge in [0.15, 0.2) is 0 Å². The number of halogens is 1. The average Bonchev–Trinajstić information content (AvgIpc) is 2.67. The third kappa shape index (κ3) is 4.56. The zero-order chi connectivity index (χ0) is 19.6. The molecule has 0 aliphatic carbocycles. The molecule has 0 spiro atoms. The molecule has 2 fully saturated rings. The summed E-state index contributed by atoms with van der Waals surface area (Å²) < 4.78 is 27.1. The minimum Gasteiger partial charge on any atom is -0.368 e. The van der Waals surface area contributed by atoms with Crippen LogP contribution in [-0.2, 0) is 15.0 Å². The maximum absolute atomic E-state index is 12.8. The molecule has 0 radical (unpaired) electrons. The van der Waals surface area contributed by atoms with Crippen LogP contribution in [0.15, 0.2) is 24.3 Å². The first-order chi connectivity index (χ1) is 12.8. The average molecular weight is 415 g/mol. The molecule has 0 unspecified atom stereocenters. The van der Waals surface area contributed by atoms with E-state index < -0.39 is 10.2 Å². The fourth-order valence-corrected chi connectivity index (χ4v) is 5.00. The van der Waals surface area contributed by atoms with E-state index in [0.717, 1.165) is 18.8 Å². The van der Waals surface area contributed by atoms with E-state index in [4.69, 9.17) is 11.6 Å². The SMILES string of the molecule is CN(C)S(=O)(=O)N1CCC(C(=O)N2CCN(c3cccc(Cl)c3)CC2)CC1. The number of amides is 1. The molecule has 0 atom stereocenters. The van der Waals surface area contributed by atoms with E-state index >= 15 is 0 Å². The van der Waals surface area contributed by atoms with Crippen LogP contribution >= 0.6 is 11.6 Å². The molecular formula is C18H27ClN4O3S. The van der Waals surface area contributed by atoms with Gasteiger partial charge in [-0.3, -0.25) is 4.79 Å². The van der Waals surface area contributed by atoms with Crippen LogP contribution < -0.4 is 4.90 Å². The Morgan fingerprint density at radius 3 is 2.26 bits per heavy atom. The van der Waals surface area contributed by atoms with Crippen molar-refractivity contribution in [2.24, 2.45) is 5.92 Å². The van der Waals surface area contributed by atoms with Crippen molar-refractivity contribution < 1.29 is 13.2 Å². The van der Waals surface area contributed by atoms with Gasteiger partial charge in [0.25, 0.3) is 10.2 Å². The normalized spacial score (nSPS) is 20.3. The summed E-state index contributed by atoms with van der Waals surface area (Å²) >= 11 is 6.07. The summed E-state index contributed by atoms with van der Waals surface area (Å²) in [5.74, 6) is 0.0685. The number of rotatable bonds is 4. The number of nitrogens with zero attached hydrogens (tertiary/aromatic N) is 4. The Morgan fingerprint density at radius 2 is 1.70 bits per heavy atom. The molecular weight excluding hydrogens is 388 g/mol. The molecule has 2 aliphatic rings. The molecule has 0 N–H and O–H groups in total. The number of piperidine rings is 1. The third-order valence-electron chi connectivity index (χ3n) is 5.36. The van der Waals surface area contributed by atoms with E-state index in [0.29, 0.717) is 44.0 Å². The Hall–Kier alpha value is -1.35. The van der Waals surface area contributed by atoms with Crippen molar-refractivity contribution >= 4 is 33.4 Å². The van der Waals surface area contributed by atoms with Gasteiger partial charge >= 0.3 is 0 Å². The van der Waals surface area contributed by atoms with Crippen LogP contribution in [0.4, 0.5) is 5.69 Å². The van der Waals surface area contributed by atoms with Gasteiger partial charge in [-0.1, -0.05) is 17.7 Å². The molecule has 3 rings (SSSR count). The molecule has 27 heavy (non-hydrogen) atoms. The summed E-state index contributed by atoms with van der Waals surface area (Å²) in [5.41, 5.74) is 1.08. The van der Waals surface area contributed by atoms with Crippen molar-refractivity contribution in [3.05, 3.63) is 29.3 Å². The number of benzene rings is 1. The lowest BCUT2D eigenvalue weighted by Gasteiger charge is -2.39. The van der Waals surface area contributed by atoms with Crippen molar-refractivity contribution in [2.45, 2.75) is 12.8 Å². The van der Waals surface area contributed by atoms with Gasteiger partial charge in [0.1, 0.15) is 0 Å². The summed E-state index contributed by atoms with van der Waals surface area (Å²) in [6.45, 7) is 3.72. The molecule has 0 bridgehead atoms. The molecule has 7 nitrogen and oxygen atoms in total. The minimum atomic E-state index is -3.39. The zero-order valence-corrected chi connectivity index (χ0v) is 17.4. The summed E-state index contributed by atoms with van der Waals surface area (Å²) in [5, 5.41) is 0.713. The molecule has 9 heteroatoms. The standard InChI is InChI=1S/C18H27ClN4O3S/c1-20(2)27(25,26)23-8-6-15(7-9-23)18(24)22-12-10-21(11-13-22)17-5-3-4-16(19)14-17/h3-5,14-15H,6-13H2,1-2H3. The Bertz CT molecular complexity index is 771. The van der Waals surface area contributed by atoms with Crippen LogP contribution in [0.25, 0.3) is 0 Å². The number of piperazine rings is 1. The summed E-state index contributed by atoms with van der Waals surface area (Å²) in [4.78, 5) is 17.0. The Morgan fingerprint density at radius 1 is 1.07 bits per heavy atom. The molecule has 2 aliphatic heterocycles. The van der Waals surface area contributed by atoms with Crippen molar-refractivity contribution in [3.63, 3.8) is 0 Å². The van der Waals surface area contributed by atoms with E-state index in [1.54, 1.807) is 0 Å². The van der Waals surface area contributed by atoms with Crippen molar-refractivity contribution in [3.8, 4) is 0 Å². The van der Waals surface area contributed by atoms with Crippen LogP contribution in [0.1, 0.15) is 12.8 Å². The monoisotopic (exact) mass is 414 g/mol. The Kier molecular flexibility index (Phi) is 6.30. The highest BCUT2D eigenvalue weighted by Crippen LogP contribution is 2.25. The van der Waals surface area contributed by atoms with Gasteiger partial charge in [-0.2, -0.15) is 17.0 Å². The quantitative estimate of drug-likeness (QED) is 0.749. The second-order valence-electron chi connectivity index (χ2n) is 7.26. The Balaban J connectivity index is 1.52.